The van der Waals surface area contributed by atoms with Crippen LogP contribution in [0.25, 0.3) is 6.08 Å². The Kier molecular flexibility index (Phi) is 9.52. The van der Waals surface area contributed by atoms with Gasteiger partial charge in [0.05, 0.1) is 4.91 Å². The molecule has 1 fully saturated rings. The lowest BCUT2D eigenvalue weighted by Gasteiger charge is -2.14. The van der Waals surface area contributed by atoms with Gasteiger partial charge >= 0.3 is 0 Å². The predicted octanol–water partition coefficient (Wildman–Crippen LogP) is 6.97. The van der Waals surface area contributed by atoms with E-state index < -0.39 is 0 Å². The molecule has 3 aromatic carbocycles. The zero-order valence-corrected chi connectivity index (χ0v) is 22.4. The minimum atomic E-state index is -0.0669. The van der Waals surface area contributed by atoms with E-state index in [0.29, 0.717) is 28.8 Å². The molecular formula is C30H30N2O3S2. The van der Waals surface area contributed by atoms with E-state index in [4.69, 9.17) is 17.0 Å². The first-order chi connectivity index (χ1) is 18.0. The Bertz CT molecular complexity index is 1270. The summed E-state index contributed by atoms with van der Waals surface area (Å²) in [6.45, 7) is 3.06. The highest BCUT2D eigenvalue weighted by atomic mass is 32.2. The largest absolute Gasteiger partial charge is 0.489 e. The van der Waals surface area contributed by atoms with E-state index in [0.717, 1.165) is 47.4 Å². The first-order valence-corrected chi connectivity index (χ1v) is 13.6. The van der Waals surface area contributed by atoms with Crippen LogP contribution in [0, 0.1) is 6.92 Å². The Balaban J connectivity index is 1.22. The van der Waals surface area contributed by atoms with Gasteiger partial charge in [0.25, 0.3) is 5.91 Å². The van der Waals surface area contributed by atoms with Crippen molar-refractivity contribution in [3.05, 3.63) is 100 Å². The number of aryl methyl sites for hydroxylation is 1. The lowest BCUT2D eigenvalue weighted by atomic mass is 10.1. The van der Waals surface area contributed by atoms with Gasteiger partial charge in [-0.2, -0.15) is 0 Å². The van der Waals surface area contributed by atoms with Crippen LogP contribution in [0.3, 0.4) is 0 Å². The fourth-order valence-corrected chi connectivity index (χ4v) is 5.18. The van der Waals surface area contributed by atoms with Crippen LogP contribution in [0.4, 0.5) is 5.69 Å². The highest BCUT2D eigenvalue weighted by Gasteiger charge is 2.31. The number of rotatable bonds is 11. The van der Waals surface area contributed by atoms with E-state index in [1.165, 1.54) is 11.8 Å². The number of nitrogens with one attached hydrogen (secondary N) is 1. The standard InChI is InChI=1S/C30H30N2O3S2/c1-22-14-16-25(17-15-22)31-28(33)13-6-3-7-18-32-29(34)27(37-30(32)36)20-24-11-8-12-26(19-24)35-21-23-9-4-2-5-10-23/h2,4-5,8-12,14-17,19-20H,3,6-7,13,18,21H2,1H3,(H,31,33)/b27-20-. The Morgan fingerprint density at radius 1 is 1.00 bits per heavy atom. The number of thiocarbonyl (C=S) groups is 1. The number of ether oxygens (including phenoxy) is 1. The minimum Gasteiger partial charge on any atom is -0.489 e. The molecule has 0 spiro atoms. The summed E-state index contributed by atoms with van der Waals surface area (Å²) >= 11 is 6.80. The van der Waals surface area contributed by atoms with Crippen molar-refractivity contribution in [1.82, 2.24) is 4.90 Å². The van der Waals surface area contributed by atoms with Crippen LogP contribution in [0.1, 0.15) is 42.4 Å². The molecule has 7 heteroatoms. The summed E-state index contributed by atoms with van der Waals surface area (Å²) in [5, 5.41) is 2.92. The molecular weight excluding hydrogens is 500 g/mol. The predicted molar refractivity (Wildman–Crippen MR) is 155 cm³/mol. The van der Waals surface area contributed by atoms with Gasteiger partial charge in [-0.25, -0.2) is 0 Å². The van der Waals surface area contributed by atoms with E-state index in [1.807, 2.05) is 91.9 Å². The van der Waals surface area contributed by atoms with Crippen LogP contribution in [0.15, 0.2) is 83.8 Å². The van der Waals surface area contributed by atoms with Crippen molar-refractivity contribution in [2.24, 2.45) is 0 Å². The summed E-state index contributed by atoms with van der Waals surface area (Å²) in [5.74, 6) is 0.689. The lowest BCUT2D eigenvalue weighted by Crippen LogP contribution is -2.29. The average Bonchev–Trinajstić information content (AvgIpc) is 3.16. The quantitative estimate of drug-likeness (QED) is 0.165. The van der Waals surface area contributed by atoms with Crippen LogP contribution in [0.2, 0.25) is 0 Å². The number of hydrogen-bond donors (Lipinski definition) is 1. The SMILES string of the molecule is Cc1ccc(NC(=O)CCCCCN2C(=O)/C(=C/c3cccc(OCc4ccccc4)c3)SC2=S)cc1. The maximum Gasteiger partial charge on any atom is 0.266 e. The van der Waals surface area contributed by atoms with Crippen molar-refractivity contribution in [2.75, 3.05) is 11.9 Å². The first kappa shape index (κ1) is 26.6. The fourth-order valence-electron chi connectivity index (χ4n) is 3.87. The van der Waals surface area contributed by atoms with Crippen LogP contribution in [0.5, 0.6) is 5.75 Å². The average molecular weight is 531 g/mol. The van der Waals surface area contributed by atoms with E-state index >= 15 is 0 Å². The number of anilines is 1. The third-order valence-electron chi connectivity index (χ3n) is 5.90. The second-order valence-electron chi connectivity index (χ2n) is 8.90. The van der Waals surface area contributed by atoms with Gasteiger partial charge in [0, 0.05) is 18.7 Å². The Hall–Kier alpha value is -3.42. The molecule has 0 atom stereocenters. The smallest absolute Gasteiger partial charge is 0.266 e. The zero-order valence-electron chi connectivity index (χ0n) is 20.8. The topological polar surface area (TPSA) is 58.6 Å². The third kappa shape index (κ3) is 8.03. The number of hydrogen-bond acceptors (Lipinski definition) is 5. The third-order valence-corrected chi connectivity index (χ3v) is 7.28. The van der Waals surface area contributed by atoms with Crippen LogP contribution in [-0.2, 0) is 16.2 Å². The summed E-state index contributed by atoms with van der Waals surface area (Å²) in [7, 11) is 0. The molecule has 0 bridgehead atoms. The second-order valence-corrected chi connectivity index (χ2v) is 10.6. The van der Waals surface area contributed by atoms with E-state index in [1.54, 1.807) is 4.90 Å². The molecule has 1 aliphatic rings. The number of thioether (sulfide) groups is 1. The van der Waals surface area contributed by atoms with Crippen LogP contribution >= 0.6 is 24.0 Å². The summed E-state index contributed by atoms with van der Waals surface area (Å²) in [4.78, 5) is 27.4. The molecule has 0 aromatic heterocycles. The molecule has 5 nitrogen and oxygen atoms in total. The molecule has 0 saturated carbocycles. The van der Waals surface area contributed by atoms with Crippen molar-refractivity contribution in [1.29, 1.82) is 0 Å². The van der Waals surface area contributed by atoms with Gasteiger partial charge in [0.15, 0.2) is 0 Å². The number of carbonyl (C=O) groups excluding carboxylic acids is 2. The number of carbonyl (C=O) groups is 2. The summed E-state index contributed by atoms with van der Waals surface area (Å²) in [6.07, 6.45) is 4.72. The number of unbranched alkanes of at least 4 members (excludes halogenated alkanes) is 2. The monoisotopic (exact) mass is 530 g/mol. The van der Waals surface area contributed by atoms with Gasteiger partial charge in [0.1, 0.15) is 16.7 Å². The second kappa shape index (κ2) is 13.2. The van der Waals surface area contributed by atoms with Crippen LogP contribution in [-0.4, -0.2) is 27.6 Å². The first-order valence-electron chi connectivity index (χ1n) is 12.4. The van der Waals surface area contributed by atoms with Crippen molar-refractivity contribution in [3.63, 3.8) is 0 Å². The molecule has 190 valence electrons. The Labute approximate surface area is 227 Å². The fraction of sp³-hybridized carbons (Fsp3) is 0.233. The zero-order chi connectivity index (χ0) is 26.0. The van der Waals surface area contributed by atoms with Gasteiger partial charge in [-0.05, 0) is 61.2 Å². The van der Waals surface area contributed by atoms with Crippen molar-refractivity contribution >= 4 is 51.9 Å². The Morgan fingerprint density at radius 3 is 2.57 bits per heavy atom. The summed E-state index contributed by atoms with van der Waals surface area (Å²) < 4.78 is 6.49. The highest BCUT2D eigenvalue weighted by Crippen LogP contribution is 2.33. The number of benzene rings is 3. The number of amides is 2. The normalized spacial score (nSPS) is 14.3. The van der Waals surface area contributed by atoms with Crippen molar-refractivity contribution in [3.8, 4) is 5.75 Å². The molecule has 1 aliphatic heterocycles. The molecule has 1 saturated heterocycles. The van der Waals surface area contributed by atoms with Crippen LogP contribution < -0.4 is 10.1 Å². The van der Waals surface area contributed by atoms with Gasteiger partial charge in [-0.1, -0.05) is 90.6 Å². The minimum absolute atomic E-state index is 0.00683. The van der Waals surface area contributed by atoms with Gasteiger partial charge in [0.2, 0.25) is 5.91 Å². The molecule has 2 amide bonds. The van der Waals surface area contributed by atoms with E-state index in [-0.39, 0.29) is 11.8 Å². The molecule has 1 heterocycles. The maximum atomic E-state index is 13.0. The molecule has 0 unspecified atom stereocenters. The summed E-state index contributed by atoms with van der Waals surface area (Å²) in [6, 6.07) is 25.5. The molecule has 3 aromatic rings. The molecule has 37 heavy (non-hydrogen) atoms. The van der Waals surface area contributed by atoms with Gasteiger partial charge in [-0.3, -0.25) is 14.5 Å². The summed E-state index contributed by atoms with van der Waals surface area (Å²) in [5.41, 5.74) is 3.96. The molecule has 0 aliphatic carbocycles. The Morgan fingerprint density at radius 2 is 1.78 bits per heavy atom. The van der Waals surface area contributed by atoms with E-state index in [9.17, 15) is 9.59 Å². The maximum absolute atomic E-state index is 13.0. The van der Waals surface area contributed by atoms with Crippen molar-refractivity contribution < 1.29 is 14.3 Å². The van der Waals surface area contributed by atoms with Gasteiger partial charge in [-0.15, -0.1) is 0 Å². The van der Waals surface area contributed by atoms with Gasteiger partial charge < -0.3 is 10.1 Å². The molecule has 0 radical (unpaired) electrons. The van der Waals surface area contributed by atoms with E-state index in [2.05, 4.69) is 5.32 Å². The number of nitrogens with zero attached hydrogens (tertiary/aromatic N) is 1. The highest BCUT2D eigenvalue weighted by molar-refractivity contribution is 8.26. The lowest BCUT2D eigenvalue weighted by molar-refractivity contribution is -0.122. The molecule has 4 rings (SSSR count). The van der Waals surface area contributed by atoms with Crippen molar-refractivity contribution in [2.45, 2.75) is 39.2 Å². The molecule has 1 N–H and O–H groups in total.